The molecule has 0 aromatic carbocycles. The summed E-state index contributed by atoms with van der Waals surface area (Å²) in [6.07, 6.45) is 2.57. The molecule has 0 spiro atoms. The summed E-state index contributed by atoms with van der Waals surface area (Å²) in [5, 5.41) is 0. The highest BCUT2D eigenvalue weighted by Crippen LogP contribution is 2.18. The number of hydrogen-bond acceptors (Lipinski definition) is 3. The Morgan fingerprint density at radius 2 is 2.14 bits per heavy atom. The second-order valence-electron chi connectivity index (χ2n) is 4.19. The molecule has 2 nitrogen and oxygen atoms in total. The topological polar surface area (TPSA) is 29.3 Å². The predicted molar refractivity (Wildman–Crippen MR) is 65.8 cm³/mol. The molecule has 1 aliphatic heterocycles. The van der Waals surface area contributed by atoms with Gasteiger partial charge in [0, 0.05) is 24.9 Å². The molecule has 0 radical (unpaired) electrons. The Morgan fingerprint density at radius 1 is 1.36 bits per heavy atom. The van der Waals surface area contributed by atoms with Crippen LogP contribution in [0.2, 0.25) is 0 Å². The highest BCUT2D eigenvalue weighted by atomic mass is 32.2. The number of rotatable bonds is 4. The summed E-state index contributed by atoms with van der Waals surface area (Å²) in [6, 6.07) is 0.610. The quantitative estimate of drug-likeness (QED) is 0.777. The van der Waals surface area contributed by atoms with E-state index in [1.165, 1.54) is 37.4 Å². The standard InChI is InChI=1S/C11H24N2S/c1-3-10(2)11(9-12)13-5-4-7-14-8-6-13/h10-11H,3-9,12H2,1-2H3. The lowest BCUT2D eigenvalue weighted by atomic mass is 9.97. The maximum Gasteiger partial charge on any atom is 0.0244 e. The smallest absolute Gasteiger partial charge is 0.0244 e. The van der Waals surface area contributed by atoms with Crippen LogP contribution in [0.1, 0.15) is 26.7 Å². The highest BCUT2D eigenvalue weighted by molar-refractivity contribution is 7.99. The van der Waals surface area contributed by atoms with Crippen LogP contribution in [0.15, 0.2) is 0 Å². The van der Waals surface area contributed by atoms with Gasteiger partial charge in [-0.1, -0.05) is 20.3 Å². The molecule has 1 rings (SSSR count). The molecule has 1 fully saturated rings. The Balaban J connectivity index is 2.48. The molecule has 2 unspecified atom stereocenters. The molecule has 3 heteroatoms. The second-order valence-corrected chi connectivity index (χ2v) is 5.42. The first kappa shape index (κ1) is 12.3. The Morgan fingerprint density at radius 3 is 2.79 bits per heavy atom. The lowest BCUT2D eigenvalue weighted by Crippen LogP contribution is -2.45. The van der Waals surface area contributed by atoms with Crippen LogP contribution in [0.5, 0.6) is 0 Å². The van der Waals surface area contributed by atoms with E-state index in [0.717, 1.165) is 12.5 Å². The molecular formula is C11H24N2S. The first-order valence-corrected chi connectivity index (χ1v) is 6.97. The minimum atomic E-state index is 0.610. The lowest BCUT2D eigenvalue weighted by Gasteiger charge is -2.33. The average Bonchev–Trinajstić information content (AvgIpc) is 2.47. The van der Waals surface area contributed by atoms with E-state index in [0.29, 0.717) is 6.04 Å². The Labute approximate surface area is 92.6 Å². The molecule has 0 bridgehead atoms. The maximum absolute atomic E-state index is 5.88. The fourth-order valence-corrected chi connectivity index (χ4v) is 3.01. The third-order valence-corrected chi connectivity index (χ3v) is 4.32. The number of nitrogens with zero attached hydrogens (tertiary/aromatic N) is 1. The summed E-state index contributed by atoms with van der Waals surface area (Å²) in [4.78, 5) is 2.61. The van der Waals surface area contributed by atoms with Crippen LogP contribution >= 0.6 is 11.8 Å². The van der Waals surface area contributed by atoms with E-state index in [2.05, 4.69) is 30.5 Å². The monoisotopic (exact) mass is 216 g/mol. The van der Waals surface area contributed by atoms with E-state index in [1.54, 1.807) is 0 Å². The van der Waals surface area contributed by atoms with Gasteiger partial charge in [0.15, 0.2) is 0 Å². The Hall–Kier alpha value is 0.270. The van der Waals surface area contributed by atoms with Crippen molar-refractivity contribution in [3.8, 4) is 0 Å². The molecule has 2 atom stereocenters. The molecule has 0 amide bonds. The molecule has 14 heavy (non-hydrogen) atoms. The fraction of sp³-hybridized carbons (Fsp3) is 1.00. The van der Waals surface area contributed by atoms with Gasteiger partial charge in [-0.25, -0.2) is 0 Å². The predicted octanol–water partition coefficient (Wildman–Crippen LogP) is 1.80. The van der Waals surface area contributed by atoms with Gasteiger partial charge in [0.25, 0.3) is 0 Å². The van der Waals surface area contributed by atoms with Gasteiger partial charge >= 0.3 is 0 Å². The second kappa shape index (κ2) is 6.70. The summed E-state index contributed by atoms with van der Waals surface area (Å²) in [6.45, 7) is 7.89. The molecule has 1 aliphatic rings. The zero-order chi connectivity index (χ0) is 10.4. The molecule has 0 aromatic heterocycles. The summed E-state index contributed by atoms with van der Waals surface area (Å²) < 4.78 is 0. The van der Waals surface area contributed by atoms with Crippen molar-refractivity contribution in [1.29, 1.82) is 0 Å². The molecule has 1 heterocycles. The van der Waals surface area contributed by atoms with E-state index in [1.807, 2.05) is 0 Å². The number of nitrogens with two attached hydrogens (primary N) is 1. The first-order valence-electron chi connectivity index (χ1n) is 5.81. The van der Waals surface area contributed by atoms with E-state index in [-0.39, 0.29) is 0 Å². The lowest BCUT2D eigenvalue weighted by molar-refractivity contribution is 0.161. The fourth-order valence-electron chi connectivity index (χ4n) is 2.11. The van der Waals surface area contributed by atoms with E-state index in [9.17, 15) is 0 Å². The molecule has 0 aromatic rings. The van der Waals surface area contributed by atoms with Crippen molar-refractivity contribution in [1.82, 2.24) is 4.90 Å². The van der Waals surface area contributed by atoms with Gasteiger partial charge in [-0.15, -0.1) is 0 Å². The van der Waals surface area contributed by atoms with Crippen molar-refractivity contribution in [2.24, 2.45) is 11.7 Å². The molecule has 1 saturated heterocycles. The van der Waals surface area contributed by atoms with Crippen molar-refractivity contribution in [3.05, 3.63) is 0 Å². The van der Waals surface area contributed by atoms with Gasteiger partial charge in [-0.05, 0) is 24.6 Å². The molecule has 0 saturated carbocycles. The average molecular weight is 216 g/mol. The van der Waals surface area contributed by atoms with Gasteiger partial charge in [0.2, 0.25) is 0 Å². The minimum absolute atomic E-state index is 0.610. The van der Waals surface area contributed by atoms with Gasteiger partial charge in [-0.2, -0.15) is 11.8 Å². The highest BCUT2D eigenvalue weighted by Gasteiger charge is 2.22. The third-order valence-electron chi connectivity index (χ3n) is 3.27. The van der Waals surface area contributed by atoms with Crippen LogP contribution < -0.4 is 5.73 Å². The maximum atomic E-state index is 5.88. The molecule has 2 N–H and O–H groups in total. The molecule has 0 aliphatic carbocycles. The van der Waals surface area contributed by atoms with E-state index in [4.69, 9.17) is 5.73 Å². The summed E-state index contributed by atoms with van der Waals surface area (Å²) >= 11 is 2.08. The summed E-state index contributed by atoms with van der Waals surface area (Å²) in [5.41, 5.74) is 5.88. The van der Waals surface area contributed by atoms with Crippen LogP contribution in [0.25, 0.3) is 0 Å². The SMILES string of the molecule is CCC(C)C(CN)N1CCCSCC1. The zero-order valence-corrected chi connectivity index (χ0v) is 10.4. The van der Waals surface area contributed by atoms with Crippen molar-refractivity contribution in [2.45, 2.75) is 32.7 Å². The zero-order valence-electron chi connectivity index (χ0n) is 9.54. The van der Waals surface area contributed by atoms with Crippen LogP contribution in [0.3, 0.4) is 0 Å². The number of hydrogen-bond donors (Lipinski definition) is 1. The molecular weight excluding hydrogens is 192 g/mol. The van der Waals surface area contributed by atoms with Crippen molar-refractivity contribution in [2.75, 3.05) is 31.1 Å². The normalized spacial score (nSPS) is 24.2. The summed E-state index contributed by atoms with van der Waals surface area (Å²) in [7, 11) is 0. The van der Waals surface area contributed by atoms with Crippen molar-refractivity contribution < 1.29 is 0 Å². The van der Waals surface area contributed by atoms with Gasteiger partial charge < -0.3 is 5.73 Å². The largest absolute Gasteiger partial charge is 0.329 e. The van der Waals surface area contributed by atoms with Crippen molar-refractivity contribution >= 4 is 11.8 Å². The van der Waals surface area contributed by atoms with Gasteiger partial charge in [-0.3, -0.25) is 4.90 Å². The summed E-state index contributed by atoms with van der Waals surface area (Å²) in [5.74, 6) is 3.35. The Bertz CT molecular complexity index is 144. The van der Waals surface area contributed by atoms with E-state index < -0.39 is 0 Å². The van der Waals surface area contributed by atoms with Gasteiger partial charge in [0.05, 0.1) is 0 Å². The van der Waals surface area contributed by atoms with E-state index >= 15 is 0 Å². The van der Waals surface area contributed by atoms with Gasteiger partial charge in [0.1, 0.15) is 0 Å². The Kier molecular flexibility index (Phi) is 5.90. The third kappa shape index (κ3) is 3.44. The van der Waals surface area contributed by atoms with Crippen molar-refractivity contribution in [3.63, 3.8) is 0 Å². The minimum Gasteiger partial charge on any atom is -0.329 e. The number of thioether (sulfide) groups is 1. The molecule has 84 valence electrons. The first-order chi connectivity index (χ1) is 6.79. The van der Waals surface area contributed by atoms with Crippen LogP contribution in [0, 0.1) is 5.92 Å². The van der Waals surface area contributed by atoms with Crippen LogP contribution in [-0.4, -0.2) is 42.1 Å². The van der Waals surface area contributed by atoms with Crippen LogP contribution in [-0.2, 0) is 0 Å². The van der Waals surface area contributed by atoms with Crippen LogP contribution in [0.4, 0.5) is 0 Å².